The molecule has 0 aliphatic carbocycles. The van der Waals surface area contributed by atoms with E-state index in [-0.39, 0.29) is 12.4 Å². The van der Waals surface area contributed by atoms with Gasteiger partial charge in [0.25, 0.3) is 0 Å². The lowest BCUT2D eigenvalue weighted by Crippen LogP contribution is -2.15. The summed E-state index contributed by atoms with van der Waals surface area (Å²) in [5.41, 5.74) is 5.22. The number of rotatable bonds is 2. The number of halogens is 1. The van der Waals surface area contributed by atoms with Gasteiger partial charge in [-0.25, -0.2) is 0 Å². The van der Waals surface area contributed by atoms with Crippen molar-refractivity contribution in [3.63, 3.8) is 0 Å². The maximum atomic E-state index is 5.65. The predicted molar refractivity (Wildman–Crippen MR) is 99.2 cm³/mol. The van der Waals surface area contributed by atoms with E-state index in [1.807, 2.05) is 25.1 Å². The van der Waals surface area contributed by atoms with E-state index in [2.05, 4.69) is 41.5 Å². The molecule has 0 bridgehead atoms. The molecule has 1 aromatic heterocycles. The van der Waals surface area contributed by atoms with Crippen molar-refractivity contribution < 1.29 is 9.47 Å². The van der Waals surface area contributed by atoms with E-state index in [1.54, 1.807) is 0 Å². The van der Waals surface area contributed by atoms with E-state index in [1.165, 1.54) is 5.56 Å². The van der Waals surface area contributed by atoms with Gasteiger partial charge in [-0.2, -0.15) is 0 Å². The molecule has 2 aromatic carbocycles. The summed E-state index contributed by atoms with van der Waals surface area (Å²) >= 11 is 0. The number of pyridine rings is 1. The van der Waals surface area contributed by atoms with Gasteiger partial charge in [-0.05, 0) is 44.2 Å². The molecule has 1 N–H and O–H groups in total. The van der Waals surface area contributed by atoms with Crippen LogP contribution < -0.4 is 14.8 Å². The molecule has 4 rings (SSSR count). The fourth-order valence-electron chi connectivity index (χ4n) is 2.85. The van der Waals surface area contributed by atoms with E-state index in [0.717, 1.165) is 39.5 Å². The van der Waals surface area contributed by atoms with Crippen LogP contribution in [-0.4, -0.2) is 18.2 Å². The number of aryl methyl sites for hydroxylation is 2. The molecule has 0 atom stereocenters. The highest BCUT2D eigenvalue weighted by Crippen LogP contribution is 2.35. The van der Waals surface area contributed by atoms with E-state index < -0.39 is 0 Å². The van der Waals surface area contributed by atoms with Crippen molar-refractivity contribution in [2.45, 2.75) is 13.8 Å². The second-order valence-corrected chi connectivity index (χ2v) is 5.82. The minimum absolute atomic E-state index is 0. The molecule has 1 aliphatic rings. The van der Waals surface area contributed by atoms with Crippen LogP contribution in [0.1, 0.15) is 11.3 Å². The Morgan fingerprint density at radius 3 is 2.54 bits per heavy atom. The van der Waals surface area contributed by atoms with Crippen molar-refractivity contribution in [3.8, 4) is 11.5 Å². The standard InChI is InChI=1S/C19H18N2O2.ClH/c1-12-3-5-16-15(9-12)17(10-13(2)20-16)21-14-4-6-18-19(11-14)23-8-7-22-18;/h3-6,9-11H,7-8H2,1-2H3,(H,20,21);1H. The van der Waals surface area contributed by atoms with E-state index in [9.17, 15) is 0 Å². The van der Waals surface area contributed by atoms with Crippen LogP contribution in [-0.2, 0) is 0 Å². The van der Waals surface area contributed by atoms with Gasteiger partial charge in [0.2, 0.25) is 0 Å². The molecular weight excluding hydrogens is 324 g/mol. The fourth-order valence-corrected chi connectivity index (χ4v) is 2.85. The van der Waals surface area contributed by atoms with Crippen molar-refractivity contribution in [2.75, 3.05) is 18.5 Å². The third-order valence-corrected chi connectivity index (χ3v) is 3.91. The molecule has 124 valence electrons. The number of ether oxygens (including phenoxy) is 2. The number of aromatic nitrogens is 1. The highest BCUT2D eigenvalue weighted by molar-refractivity contribution is 5.93. The highest BCUT2D eigenvalue weighted by Gasteiger charge is 2.12. The summed E-state index contributed by atoms with van der Waals surface area (Å²) in [6, 6.07) is 14.3. The lowest BCUT2D eigenvalue weighted by molar-refractivity contribution is 0.171. The first-order valence-electron chi connectivity index (χ1n) is 7.74. The molecular formula is C19H19ClN2O2. The quantitative estimate of drug-likeness (QED) is 0.727. The molecule has 5 heteroatoms. The molecule has 0 amide bonds. The van der Waals surface area contributed by atoms with Crippen LogP contribution >= 0.6 is 12.4 Å². The maximum absolute atomic E-state index is 5.65. The van der Waals surface area contributed by atoms with E-state index in [4.69, 9.17) is 9.47 Å². The van der Waals surface area contributed by atoms with E-state index >= 15 is 0 Å². The van der Waals surface area contributed by atoms with Crippen LogP contribution in [0.15, 0.2) is 42.5 Å². The van der Waals surface area contributed by atoms with Crippen LogP contribution in [0.2, 0.25) is 0 Å². The first-order valence-corrected chi connectivity index (χ1v) is 7.74. The Kier molecular flexibility index (Phi) is 4.49. The van der Waals surface area contributed by atoms with Crippen LogP contribution in [0.25, 0.3) is 10.9 Å². The second-order valence-electron chi connectivity index (χ2n) is 5.82. The summed E-state index contributed by atoms with van der Waals surface area (Å²) < 4.78 is 11.2. The molecule has 0 unspecified atom stereocenters. The zero-order valence-corrected chi connectivity index (χ0v) is 14.4. The summed E-state index contributed by atoms with van der Waals surface area (Å²) in [6.45, 7) is 5.29. The minimum atomic E-state index is 0. The Balaban J connectivity index is 0.00000169. The normalized spacial score (nSPS) is 12.6. The molecule has 3 aromatic rings. The van der Waals surface area contributed by atoms with Crippen molar-refractivity contribution >= 4 is 34.7 Å². The average Bonchev–Trinajstić information content (AvgIpc) is 2.55. The zero-order chi connectivity index (χ0) is 15.8. The van der Waals surface area contributed by atoms with Crippen molar-refractivity contribution in [2.24, 2.45) is 0 Å². The van der Waals surface area contributed by atoms with Gasteiger partial charge in [0.1, 0.15) is 13.2 Å². The Hall–Kier alpha value is -2.46. The Labute approximate surface area is 147 Å². The molecule has 0 fully saturated rings. The average molecular weight is 343 g/mol. The fraction of sp³-hybridized carbons (Fsp3) is 0.211. The van der Waals surface area contributed by atoms with Crippen molar-refractivity contribution in [3.05, 3.63) is 53.7 Å². The molecule has 0 radical (unpaired) electrons. The highest BCUT2D eigenvalue weighted by atomic mass is 35.5. The number of fused-ring (bicyclic) bond motifs is 2. The zero-order valence-electron chi connectivity index (χ0n) is 13.6. The third kappa shape index (κ3) is 3.10. The molecule has 1 aliphatic heterocycles. The Bertz CT molecular complexity index is 896. The van der Waals surface area contributed by atoms with Crippen LogP contribution in [0.5, 0.6) is 11.5 Å². The van der Waals surface area contributed by atoms with Crippen molar-refractivity contribution in [1.29, 1.82) is 0 Å². The van der Waals surface area contributed by atoms with Gasteiger partial charge < -0.3 is 14.8 Å². The van der Waals surface area contributed by atoms with Gasteiger partial charge in [0.05, 0.1) is 5.52 Å². The minimum Gasteiger partial charge on any atom is -0.486 e. The summed E-state index contributed by atoms with van der Waals surface area (Å²) in [5.74, 6) is 1.58. The summed E-state index contributed by atoms with van der Waals surface area (Å²) in [6.07, 6.45) is 0. The van der Waals surface area contributed by atoms with Gasteiger partial charge in [-0.15, -0.1) is 12.4 Å². The van der Waals surface area contributed by atoms with E-state index in [0.29, 0.717) is 13.2 Å². The number of anilines is 2. The maximum Gasteiger partial charge on any atom is 0.163 e. The van der Waals surface area contributed by atoms with Crippen LogP contribution in [0.3, 0.4) is 0 Å². The number of nitrogens with one attached hydrogen (secondary N) is 1. The Morgan fingerprint density at radius 2 is 1.71 bits per heavy atom. The molecule has 0 saturated heterocycles. The first kappa shape index (κ1) is 16.4. The van der Waals surface area contributed by atoms with Gasteiger partial charge in [-0.3, -0.25) is 4.98 Å². The molecule has 4 nitrogen and oxygen atoms in total. The number of nitrogens with zero attached hydrogens (tertiary/aromatic N) is 1. The van der Waals surface area contributed by atoms with Gasteiger partial charge in [-0.1, -0.05) is 11.6 Å². The predicted octanol–water partition coefficient (Wildman–Crippen LogP) is 4.79. The van der Waals surface area contributed by atoms with Gasteiger partial charge in [0.15, 0.2) is 11.5 Å². The summed E-state index contributed by atoms with van der Waals surface area (Å²) in [4.78, 5) is 4.60. The SMILES string of the molecule is Cc1ccc2nc(C)cc(Nc3ccc4c(c3)OCCO4)c2c1.Cl. The van der Waals surface area contributed by atoms with Gasteiger partial charge >= 0.3 is 0 Å². The smallest absolute Gasteiger partial charge is 0.163 e. The summed E-state index contributed by atoms with van der Waals surface area (Å²) in [5, 5.41) is 4.61. The number of benzene rings is 2. The number of hydrogen-bond donors (Lipinski definition) is 1. The Morgan fingerprint density at radius 1 is 0.917 bits per heavy atom. The summed E-state index contributed by atoms with van der Waals surface area (Å²) in [7, 11) is 0. The number of hydrogen-bond acceptors (Lipinski definition) is 4. The topological polar surface area (TPSA) is 43.4 Å². The first-order chi connectivity index (χ1) is 11.2. The molecule has 2 heterocycles. The molecule has 24 heavy (non-hydrogen) atoms. The second kappa shape index (κ2) is 6.57. The van der Waals surface area contributed by atoms with Gasteiger partial charge in [0, 0.05) is 28.5 Å². The lowest BCUT2D eigenvalue weighted by atomic mass is 10.1. The van der Waals surface area contributed by atoms with Crippen LogP contribution in [0.4, 0.5) is 11.4 Å². The third-order valence-electron chi connectivity index (χ3n) is 3.91. The molecule has 0 spiro atoms. The lowest BCUT2D eigenvalue weighted by Gasteiger charge is -2.19. The monoisotopic (exact) mass is 342 g/mol. The van der Waals surface area contributed by atoms with Crippen LogP contribution in [0, 0.1) is 13.8 Å². The largest absolute Gasteiger partial charge is 0.486 e. The van der Waals surface area contributed by atoms with Crippen molar-refractivity contribution in [1.82, 2.24) is 4.98 Å². The molecule has 0 saturated carbocycles.